The van der Waals surface area contributed by atoms with Crippen LogP contribution < -0.4 is 0 Å². The van der Waals surface area contributed by atoms with E-state index in [2.05, 4.69) is 361 Å². The number of para-hydroxylation sites is 2. The van der Waals surface area contributed by atoms with Gasteiger partial charge in [-0.05, 0) is 202 Å². The van der Waals surface area contributed by atoms with Crippen LogP contribution in [0, 0.1) is 0 Å². The molecule has 20 aromatic rings. The second-order valence-electron chi connectivity index (χ2n) is 25.8. The summed E-state index contributed by atoms with van der Waals surface area (Å²) >= 11 is 0. The Morgan fingerprint density at radius 3 is 1.12 bits per heavy atom. The fourth-order valence-electron chi connectivity index (χ4n) is 16.2. The van der Waals surface area contributed by atoms with Crippen LogP contribution in [0.4, 0.5) is 0 Å². The van der Waals surface area contributed by atoms with Gasteiger partial charge in [0.2, 0.25) is 0 Å². The average molecular weight is 1240 g/mol. The van der Waals surface area contributed by atoms with Crippen LogP contribution in [-0.2, 0) is 0 Å². The molecule has 0 aliphatic heterocycles. The van der Waals surface area contributed by atoms with Crippen molar-refractivity contribution in [1.29, 1.82) is 0 Å². The molecule has 0 bridgehead atoms. The van der Waals surface area contributed by atoms with Gasteiger partial charge in [0.1, 0.15) is 11.6 Å². The highest BCUT2D eigenvalue weighted by Gasteiger charge is 2.23. The Morgan fingerprint density at radius 2 is 0.551 bits per heavy atom. The van der Waals surface area contributed by atoms with Crippen molar-refractivity contribution in [2.24, 2.45) is 0 Å². The molecule has 454 valence electrons. The lowest BCUT2D eigenvalue weighted by atomic mass is 9.85. The number of aromatic nitrogens is 4. The number of hydrogen-bond donors (Lipinski definition) is 0. The molecule has 4 nitrogen and oxygen atoms in total. The average Bonchev–Trinajstić information content (AvgIpc) is 0.977. The van der Waals surface area contributed by atoms with E-state index in [1.165, 1.54) is 120 Å². The van der Waals surface area contributed by atoms with Gasteiger partial charge in [0, 0.05) is 22.5 Å². The second-order valence-corrected chi connectivity index (χ2v) is 25.8. The molecule has 0 N–H and O–H groups in total. The predicted molar refractivity (Wildman–Crippen MR) is 414 cm³/mol. The Morgan fingerprint density at radius 1 is 0.184 bits per heavy atom. The maximum Gasteiger partial charge on any atom is 0.145 e. The third kappa shape index (κ3) is 8.71. The van der Waals surface area contributed by atoms with Gasteiger partial charge in [-0.25, -0.2) is 9.97 Å². The standard InChI is InChI=1S/C94H58N4/c1-2-23-62(24-3-1)93-96-86-55-49-64(58-88(86)98(93)68-52-46-61(47-53-68)90-80-37-14-16-39-82(80)92(83-40-17-15-38-81(83)90)75-41-21-25-59-22-4-5-28-69(59)75)63-26-20-27-66(56-63)94-95-85-42-18-19-43-87(85)97(94)67-50-44-60(45-51-67)89-76-33-10-12-35-78(76)91(79-36-13-11-34-77(79)89)65-48-54-74-72-31-7-6-29-70(72)71-30-8-9-32-73(71)84(74)57-65/h1-58H. The molecule has 2 aromatic heterocycles. The molecule has 4 heteroatoms. The minimum Gasteiger partial charge on any atom is -0.292 e. The summed E-state index contributed by atoms with van der Waals surface area (Å²) < 4.78 is 4.65. The number of hydrogen-bond acceptors (Lipinski definition) is 2. The fourth-order valence-corrected chi connectivity index (χ4v) is 16.2. The zero-order valence-electron chi connectivity index (χ0n) is 53.3. The summed E-state index contributed by atoms with van der Waals surface area (Å²) in [7, 11) is 0. The van der Waals surface area contributed by atoms with Crippen LogP contribution in [0.5, 0.6) is 0 Å². The minimum atomic E-state index is 0.874. The zero-order valence-corrected chi connectivity index (χ0v) is 53.3. The Balaban J connectivity index is 0.678. The highest BCUT2D eigenvalue weighted by Crippen LogP contribution is 2.49. The summed E-state index contributed by atoms with van der Waals surface area (Å²) in [5.41, 5.74) is 19.9. The number of fused-ring (bicyclic) bond motifs is 13. The minimum absolute atomic E-state index is 0.874. The van der Waals surface area contributed by atoms with E-state index in [9.17, 15) is 0 Å². The molecular formula is C94H58N4. The van der Waals surface area contributed by atoms with Crippen LogP contribution in [0.3, 0.4) is 0 Å². The number of rotatable bonds is 9. The topological polar surface area (TPSA) is 35.6 Å². The molecular weight excluding hydrogens is 1190 g/mol. The van der Waals surface area contributed by atoms with Gasteiger partial charge in [0.05, 0.1) is 22.1 Å². The number of imidazole rings is 2. The van der Waals surface area contributed by atoms with Crippen molar-refractivity contribution in [2.45, 2.75) is 0 Å². The molecule has 0 saturated heterocycles. The first kappa shape index (κ1) is 55.4. The van der Waals surface area contributed by atoms with Gasteiger partial charge in [-0.2, -0.15) is 0 Å². The highest BCUT2D eigenvalue weighted by atomic mass is 15.1. The lowest BCUT2D eigenvalue weighted by molar-refractivity contribution is 1.10. The van der Waals surface area contributed by atoms with Gasteiger partial charge in [0.15, 0.2) is 0 Å². The van der Waals surface area contributed by atoms with Gasteiger partial charge in [0.25, 0.3) is 0 Å². The van der Waals surface area contributed by atoms with E-state index >= 15 is 0 Å². The van der Waals surface area contributed by atoms with Crippen molar-refractivity contribution >= 4 is 108 Å². The number of nitrogens with zero attached hydrogens (tertiary/aromatic N) is 4. The van der Waals surface area contributed by atoms with Crippen molar-refractivity contribution in [1.82, 2.24) is 19.1 Å². The summed E-state index contributed by atoms with van der Waals surface area (Å²) in [4.78, 5) is 10.8. The first-order valence-electron chi connectivity index (χ1n) is 33.7. The third-order valence-corrected chi connectivity index (χ3v) is 20.5. The fraction of sp³-hybridized carbons (Fsp3) is 0. The molecule has 0 aliphatic rings. The first-order valence-corrected chi connectivity index (χ1v) is 33.7. The molecule has 0 fully saturated rings. The Labute approximate surface area is 565 Å². The molecule has 0 spiro atoms. The van der Waals surface area contributed by atoms with Crippen LogP contribution in [0.2, 0.25) is 0 Å². The van der Waals surface area contributed by atoms with E-state index in [4.69, 9.17) is 9.97 Å². The lowest BCUT2D eigenvalue weighted by Gasteiger charge is -2.19. The van der Waals surface area contributed by atoms with E-state index in [0.717, 1.165) is 78.5 Å². The molecule has 0 aliphatic carbocycles. The Kier molecular flexibility index (Phi) is 12.6. The summed E-state index contributed by atoms with van der Waals surface area (Å²) in [6, 6.07) is 129. The van der Waals surface area contributed by atoms with Gasteiger partial charge in [-0.3, -0.25) is 9.13 Å². The van der Waals surface area contributed by atoms with Gasteiger partial charge < -0.3 is 0 Å². The van der Waals surface area contributed by atoms with E-state index < -0.39 is 0 Å². The molecule has 18 aromatic carbocycles. The number of benzene rings is 18. The summed E-state index contributed by atoms with van der Waals surface area (Å²) in [6.07, 6.45) is 0. The SMILES string of the molecule is c1ccc(-c2nc3ccc(-c4cccc(-c5nc6ccccc6n5-c5ccc(-c6c7ccccc7c(-c7ccc8c9ccccc9c9ccccc9c8c7)c7ccccc67)cc5)c4)cc3n2-c2ccc(-c3c4ccccc4c(-c4cccc5ccccc45)c4ccccc34)cc2)cc1. The Hall–Kier alpha value is -13.0. The molecule has 98 heavy (non-hydrogen) atoms. The van der Waals surface area contributed by atoms with Gasteiger partial charge in [-0.15, -0.1) is 0 Å². The van der Waals surface area contributed by atoms with E-state index in [1.807, 2.05) is 0 Å². The van der Waals surface area contributed by atoms with Crippen LogP contribution in [0.15, 0.2) is 352 Å². The monoisotopic (exact) mass is 1240 g/mol. The maximum atomic E-state index is 5.43. The lowest BCUT2D eigenvalue weighted by Crippen LogP contribution is -1.98. The van der Waals surface area contributed by atoms with E-state index in [-0.39, 0.29) is 0 Å². The molecule has 0 atom stereocenters. The molecule has 0 saturated carbocycles. The second kappa shape index (κ2) is 22.3. The van der Waals surface area contributed by atoms with Crippen molar-refractivity contribution < 1.29 is 0 Å². The smallest absolute Gasteiger partial charge is 0.145 e. The molecule has 0 unspecified atom stereocenters. The van der Waals surface area contributed by atoms with Crippen LogP contribution in [-0.4, -0.2) is 19.1 Å². The zero-order chi connectivity index (χ0) is 64.4. The van der Waals surface area contributed by atoms with Crippen molar-refractivity contribution in [3.8, 4) is 89.8 Å². The first-order chi connectivity index (χ1) is 48.6. The summed E-state index contributed by atoms with van der Waals surface area (Å²) in [5, 5.41) is 19.9. The van der Waals surface area contributed by atoms with Gasteiger partial charge >= 0.3 is 0 Å². The molecule has 0 radical (unpaired) electrons. The van der Waals surface area contributed by atoms with Crippen molar-refractivity contribution in [2.75, 3.05) is 0 Å². The quantitative estimate of drug-likeness (QED) is 0.107. The van der Waals surface area contributed by atoms with Crippen LogP contribution in [0.25, 0.3) is 198 Å². The normalized spacial score (nSPS) is 11.9. The molecule has 20 rings (SSSR count). The van der Waals surface area contributed by atoms with Crippen LogP contribution >= 0.6 is 0 Å². The Bertz CT molecular complexity index is 6500. The van der Waals surface area contributed by atoms with Gasteiger partial charge in [-0.1, -0.05) is 291 Å². The van der Waals surface area contributed by atoms with E-state index in [0.29, 0.717) is 0 Å². The van der Waals surface area contributed by atoms with Crippen LogP contribution in [0.1, 0.15) is 0 Å². The largest absolute Gasteiger partial charge is 0.292 e. The molecule has 2 heterocycles. The molecule has 0 amide bonds. The summed E-state index contributed by atoms with van der Waals surface area (Å²) in [5.74, 6) is 1.76. The summed E-state index contributed by atoms with van der Waals surface area (Å²) in [6.45, 7) is 0. The predicted octanol–water partition coefficient (Wildman–Crippen LogP) is 25.3. The van der Waals surface area contributed by atoms with Crippen molar-refractivity contribution in [3.63, 3.8) is 0 Å². The van der Waals surface area contributed by atoms with E-state index in [1.54, 1.807) is 0 Å². The highest BCUT2D eigenvalue weighted by molar-refractivity contribution is 6.28. The third-order valence-electron chi connectivity index (χ3n) is 20.5. The van der Waals surface area contributed by atoms with Crippen molar-refractivity contribution in [3.05, 3.63) is 352 Å². The maximum absolute atomic E-state index is 5.43.